The Bertz CT molecular complexity index is 867. The first-order valence-electron chi connectivity index (χ1n) is 5.61. The number of carbonyl (C=O) groups excluding carboxylic acids is 1. The van der Waals surface area contributed by atoms with Crippen LogP contribution in [0.4, 0.5) is 0 Å². The van der Waals surface area contributed by atoms with Gasteiger partial charge in [0.1, 0.15) is 4.21 Å². The molecule has 1 heterocycles. The summed E-state index contributed by atoms with van der Waals surface area (Å²) in [6, 6.07) is 8.10. The van der Waals surface area contributed by atoms with Crippen LogP contribution < -0.4 is 4.72 Å². The van der Waals surface area contributed by atoms with Gasteiger partial charge in [-0.3, -0.25) is 4.79 Å². The van der Waals surface area contributed by atoms with Gasteiger partial charge in [-0.1, -0.05) is 12.1 Å². The largest absolute Gasteiger partial charge is 0.273 e. The highest BCUT2D eigenvalue weighted by Gasteiger charge is 2.20. The summed E-state index contributed by atoms with van der Waals surface area (Å²) >= 11 is 0.976. The Labute approximate surface area is 126 Å². The van der Waals surface area contributed by atoms with Gasteiger partial charge < -0.3 is 0 Å². The van der Waals surface area contributed by atoms with E-state index in [9.17, 15) is 21.6 Å². The van der Waals surface area contributed by atoms with Gasteiger partial charge in [-0.05, 0) is 29.6 Å². The standard InChI is InChI=1S/C12H11NO5S3/c1-20(15,16)10-5-2-4-9(8-10)12(14)13-21(17,18)11-6-3-7-19-11/h2-8H,1H3,(H,13,14). The molecule has 0 bridgehead atoms. The molecular weight excluding hydrogens is 334 g/mol. The predicted octanol–water partition coefficient (Wildman–Crippen LogP) is 1.27. The normalized spacial score (nSPS) is 12.0. The molecule has 0 aliphatic rings. The van der Waals surface area contributed by atoms with Crippen LogP contribution in [0.15, 0.2) is 50.9 Å². The first-order chi connectivity index (χ1) is 9.70. The van der Waals surface area contributed by atoms with Gasteiger partial charge in [-0.25, -0.2) is 21.6 Å². The molecule has 0 aliphatic heterocycles. The van der Waals surface area contributed by atoms with E-state index in [1.807, 2.05) is 4.72 Å². The van der Waals surface area contributed by atoms with Gasteiger partial charge >= 0.3 is 0 Å². The van der Waals surface area contributed by atoms with Crippen molar-refractivity contribution in [3.8, 4) is 0 Å². The van der Waals surface area contributed by atoms with Crippen LogP contribution in [0.5, 0.6) is 0 Å². The van der Waals surface area contributed by atoms with E-state index in [-0.39, 0.29) is 14.7 Å². The smallest absolute Gasteiger partial charge is 0.268 e. The molecule has 21 heavy (non-hydrogen) atoms. The summed E-state index contributed by atoms with van der Waals surface area (Å²) in [7, 11) is -7.42. The van der Waals surface area contributed by atoms with Crippen LogP contribution in [-0.4, -0.2) is 29.0 Å². The Kier molecular flexibility index (Phi) is 4.17. The van der Waals surface area contributed by atoms with E-state index in [0.29, 0.717) is 0 Å². The zero-order valence-electron chi connectivity index (χ0n) is 10.8. The quantitative estimate of drug-likeness (QED) is 0.900. The summed E-state index contributed by atoms with van der Waals surface area (Å²) in [5, 5.41) is 1.57. The number of nitrogens with one attached hydrogen (secondary N) is 1. The van der Waals surface area contributed by atoms with E-state index in [4.69, 9.17) is 0 Å². The van der Waals surface area contributed by atoms with Crippen LogP contribution in [0.1, 0.15) is 10.4 Å². The van der Waals surface area contributed by atoms with E-state index >= 15 is 0 Å². The summed E-state index contributed by atoms with van der Waals surface area (Å²) in [4.78, 5) is 11.9. The molecule has 2 aromatic rings. The van der Waals surface area contributed by atoms with Gasteiger partial charge in [-0.2, -0.15) is 0 Å². The molecule has 112 valence electrons. The highest BCUT2D eigenvalue weighted by Crippen LogP contribution is 2.16. The van der Waals surface area contributed by atoms with Gasteiger partial charge in [-0.15, -0.1) is 11.3 Å². The Morgan fingerprint density at radius 2 is 1.81 bits per heavy atom. The van der Waals surface area contributed by atoms with Crippen molar-refractivity contribution in [2.45, 2.75) is 9.10 Å². The lowest BCUT2D eigenvalue weighted by atomic mass is 10.2. The number of hydrogen-bond donors (Lipinski definition) is 1. The molecule has 9 heteroatoms. The zero-order valence-corrected chi connectivity index (χ0v) is 13.3. The Morgan fingerprint density at radius 1 is 1.10 bits per heavy atom. The van der Waals surface area contributed by atoms with Crippen molar-refractivity contribution < 1.29 is 21.6 Å². The van der Waals surface area contributed by atoms with Crippen molar-refractivity contribution in [3.05, 3.63) is 47.3 Å². The van der Waals surface area contributed by atoms with Gasteiger partial charge in [0, 0.05) is 11.8 Å². The monoisotopic (exact) mass is 345 g/mol. The minimum absolute atomic E-state index is 0.00937. The molecule has 0 radical (unpaired) electrons. The van der Waals surface area contributed by atoms with E-state index in [1.54, 1.807) is 11.4 Å². The summed E-state index contributed by atoms with van der Waals surface area (Å²) in [5.41, 5.74) is -0.0435. The third kappa shape index (κ3) is 3.69. The number of thiophene rings is 1. The van der Waals surface area contributed by atoms with Crippen molar-refractivity contribution in [1.82, 2.24) is 4.72 Å². The highest BCUT2D eigenvalue weighted by molar-refractivity contribution is 7.92. The van der Waals surface area contributed by atoms with E-state index in [2.05, 4.69) is 0 Å². The summed E-state index contributed by atoms with van der Waals surface area (Å²) < 4.78 is 48.6. The molecule has 0 spiro atoms. The molecule has 6 nitrogen and oxygen atoms in total. The molecule has 0 saturated carbocycles. The van der Waals surface area contributed by atoms with Crippen molar-refractivity contribution in [3.63, 3.8) is 0 Å². The third-order valence-electron chi connectivity index (χ3n) is 2.51. The molecular formula is C12H11NO5S3. The Balaban J connectivity index is 2.30. The molecule has 0 aliphatic carbocycles. The van der Waals surface area contributed by atoms with Gasteiger partial charge in [0.05, 0.1) is 4.90 Å². The predicted molar refractivity (Wildman–Crippen MR) is 78.5 cm³/mol. The molecule has 2 rings (SSSR count). The highest BCUT2D eigenvalue weighted by atomic mass is 32.2. The number of amides is 1. The van der Waals surface area contributed by atoms with Crippen molar-refractivity contribution in [2.24, 2.45) is 0 Å². The molecule has 1 amide bonds. The second kappa shape index (κ2) is 5.58. The van der Waals surface area contributed by atoms with Crippen LogP contribution in [0.2, 0.25) is 0 Å². The summed E-state index contributed by atoms with van der Waals surface area (Å²) in [6.45, 7) is 0. The number of rotatable bonds is 4. The lowest BCUT2D eigenvalue weighted by Crippen LogP contribution is -2.30. The first-order valence-corrected chi connectivity index (χ1v) is 9.86. The minimum atomic E-state index is -3.94. The fourth-order valence-corrected chi connectivity index (χ4v) is 4.15. The van der Waals surface area contributed by atoms with Crippen molar-refractivity contribution in [1.29, 1.82) is 0 Å². The summed E-state index contributed by atoms with van der Waals surface area (Å²) in [5.74, 6) is -0.881. The van der Waals surface area contributed by atoms with E-state index in [0.717, 1.165) is 23.7 Å². The van der Waals surface area contributed by atoms with Crippen molar-refractivity contribution in [2.75, 3.05) is 6.26 Å². The fraction of sp³-hybridized carbons (Fsp3) is 0.0833. The third-order valence-corrected chi connectivity index (χ3v) is 6.35. The maximum Gasteiger partial charge on any atom is 0.273 e. The fourth-order valence-electron chi connectivity index (χ4n) is 1.52. The number of sulfone groups is 1. The number of hydrogen-bond acceptors (Lipinski definition) is 6. The Morgan fingerprint density at radius 3 is 2.38 bits per heavy atom. The number of carbonyl (C=O) groups is 1. The Hall–Kier alpha value is -1.71. The first kappa shape index (κ1) is 15.7. The maximum atomic E-state index is 12.0. The number of sulfonamides is 1. The molecule has 1 N–H and O–H groups in total. The second-order valence-electron chi connectivity index (χ2n) is 4.17. The molecule has 0 atom stereocenters. The SMILES string of the molecule is CS(=O)(=O)c1cccc(C(=O)NS(=O)(=O)c2cccs2)c1. The molecule has 0 saturated heterocycles. The van der Waals surface area contributed by atoms with Crippen molar-refractivity contribution >= 4 is 37.1 Å². The van der Waals surface area contributed by atoms with Crippen LogP contribution in [0.25, 0.3) is 0 Å². The van der Waals surface area contributed by atoms with Gasteiger partial charge in [0.25, 0.3) is 15.9 Å². The minimum Gasteiger partial charge on any atom is -0.268 e. The number of benzene rings is 1. The van der Waals surface area contributed by atoms with Crippen LogP contribution in [0, 0.1) is 0 Å². The molecule has 1 aromatic heterocycles. The summed E-state index contributed by atoms with van der Waals surface area (Å²) in [6.07, 6.45) is 1.01. The lowest BCUT2D eigenvalue weighted by Gasteiger charge is -2.06. The maximum absolute atomic E-state index is 12.0. The molecule has 0 unspecified atom stereocenters. The topological polar surface area (TPSA) is 97.4 Å². The molecule has 0 fully saturated rings. The lowest BCUT2D eigenvalue weighted by molar-refractivity contribution is 0.0981. The average Bonchev–Trinajstić information content (AvgIpc) is 2.92. The molecule has 1 aromatic carbocycles. The van der Waals surface area contributed by atoms with Crippen LogP contribution >= 0.6 is 11.3 Å². The van der Waals surface area contributed by atoms with Crippen LogP contribution in [-0.2, 0) is 19.9 Å². The van der Waals surface area contributed by atoms with E-state index < -0.39 is 25.8 Å². The van der Waals surface area contributed by atoms with Gasteiger partial charge in [0.15, 0.2) is 9.84 Å². The van der Waals surface area contributed by atoms with E-state index in [1.165, 1.54) is 24.3 Å². The van der Waals surface area contributed by atoms with Crippen LogP contribution in [0.3, 0.4) is 0 Å². The average molecular weight is 345 g/mol. The van der Waals surface area contributed by atoms with Gasteiger partial charge in [0.2, 0.25) is 0 Å². The zero-order chi connectivity index (χ0) is 15.7. The second-order valence-corrected chi connectivity index (χ2v) is 9.04.